The number of rotatable bonds is 1. The third-order valence-corrected chi connectivity index (χ3v) is 2.11. The van der Waals surface area contributed by atoms with Crippen LogP contribution in [0.25, 0.3) is 0 Å². The predicted molar refractivity (Wildman–Crippen MR) is 29.6 cm³/mol. The Balaban J connectivity index is 2.32. The molecule has 0 spiro atoms. The van der Waals surface area contributed by atoms with Gasteiger partial charge in [-0.3, -0.25) is 4.18 Å². The van der Waals surface area contributed by atoms with Crippen molar-refractivity contribution in [2.75, 3.05) is 12.4 Å². The van der Waals surface area contributed by atoms with E-state index in [1.165, 1.54) is 0 Å². The first-order valence-electron chi connectivity index (χ1n) is 2.49. The molecule has 2 atom stereocenters. The van der Waals surface area contributed by atoms with Crippen LogP contribution in [-0.4, -0.2) is 27.8 Å². The van der Waals surface area contributed by atoms with Crippen molar-refractivity contribution in [2.45, 2.75) is 12.5 Å². The van der Waals surface area contributed by atoms with Crippen molar-refractivity contribution in [2.24, 2.45) is 0 Å². The average Bonchev–Trinajstić information content (AvgIpc) is 2.14. The van der Waals surface area contributed by atoms with E-state index in [-0.39, 0.29) is 12.7 Å². The number of hydrogen-bond donors (Lipinski definition) is 1. The lowest BCUT2D eigenvalue weighted by Crippen LogP contribution is -2.09. The molecule has 8 heavy (non-hydrogen) atoms. The van der Waals surface area contributed by atoms with Gasteiger partial charge in [0, 0.05) is 0 Å². The van der Waals surface area contributed by atoms with E-state index in [2.05, 4.69) is 0 Å². The highest BCUT2D eigenvalue weighted by Crippen LogP contribution is 2.10. The van der Waals surface area contributed by atoms with Crippen molar-refractivity contribution >= 4 is 11.1 Å². The summed E-state index contributed by atoms with van der Waals surface area (Å²) in [5.41, 5.74) is 0. The molecule has 1 aliphatic rings. The molecule has 1 N–H and O–H groups in total. The van der Waals surface area contributed by atoms with E-state index in [4.69, 9.17) is 9.29 Å². The predicted octanol–water partition coefficient (Wildman–Crippen LogP) is -0.569. The van der Waals surface area contributed by atoms with Crippen LogP contribution >= 0.6 is 0 Å². The van der Waals surface area contributed by atoms with Gasteiger partial charge in [-0.05, 0) is 6.42 Å². The molecule has 1 heterocycles. The van der Waals surface area contributed by atoms with Crippen LogP contribution in [0.5, 0.6) is 0 Å². The van der Waals surface area contributed by atoms with Crippen molar-refractivity contribution in [3.8, 4) is 0 Å². The average molecular weight is 136 g/mol. The first-order valence-corrected chi connectivity index (χ1v) is 3.73. The summed E-state index contributed by atoms with van der Waals surface area (Å²) in [7, 11) is 0. The fourth-order valence-corrected chi connectivity index (χ4v) is 1.61. The molecule has 0 aromatic carbocycles. The van der Waals surface area contributed by atoms with Gasteiger partial charge in [0.2, 0.25) is 0 Å². The molecular formula is C4H8O3S. The molecule has 1 aliphatic heterocycles. The van der Waals surface area contributed by atoms with Gasteiger partial charge in [0.15, 0.2) is 11.1 Å². The zero-order chi connectivity index (χ0) is 5.98. The Morgan fingerprint density at radius 3 is 2.88 bits per heavy atom. The molecule has 4 heteroatoms. The third-order valence-electron chi connectivity index (χ3n) is 1.05. The van der Waals surface area contributed by atoms with Gasteiger partial charge in [-0.25, -0.2) is 4.21 Å². The molecule has 0 aromatic heterocycles. The fraction of sp³-hybridized carbons (Fsp3) is 1.00. The summed E-state index contributed by atoms with van der Waals surface area (Å²) in [5, 5.41) is 8.42. The van der Waals surface area contributed by atoms with E-state index in [0.717, 1.165) is 6.42 Å². The van der Waals surface area contributed by atoms with E-state index < -0.39 is 11.1 Å². The third kappa shape index (κ3) is 1.27. The summed E-state index contributed by atoms with van der Waals surface area (Å²) < 4.78 is 15.1. The molecule has 0 bridgehead atoms. The summed E-state index contributed by atoms with van der Waals surface area (Å²) in [6.45, 7) is -0.00819. The minimum Gasteiger partial charge on any atom is -0.394 e. The molecule has 2 unspecified atom stereocenters. The minimum atomic E-state index is -1.11. The second-order valence-electron chi connectivity index (χ2n) is 1.70. The van der Waals surface area contributed by atoms with Crippen LogP contribution in [0.15, 0.2) is 0 Å². The summed E-state index contributed by atoms with van der Waals surface area (Å²) in [6.07, 6.45) is 0.555. The van der Waals surface area contributed by atoms with Gasteiger partial charge < -0.3 is 5.11 Å². The quantitative estimate of drug-likeness (QED) is 0.525. The Labute approximate surface area is 50.3 Å². The van der Waals surface area contributed by atoms with Crippen LogP contribution in [0.4, 0.5) is 0 Å². The summed E-state index contributed by atoms with van der Waals surface area (Å²) in [6, 6.07) is 0. The van der Waals surface area contributed by atoms with Crippen molar-refractivity contribution in [3.63, 3.8) is 0 Å². The molecule has 3 nitrogen and oxygen atoms in total. The number of aliphatic hydroxyl groups excluding tert-OH is 1. The first-order chi connectivity index (χ1) is 3.83. The molecule has 0 aliphatic carbocycles. The maximum absolute atomic E-state index is 10.4. The van der Waals surface area contributed by atoms with Crippen LogP contribution < -0.4 is 0 Å². The van der Waals surface area contributed by atoms with Crippen molar-refractivity contribution in [1.82, 2.24) is 0 Å². The van der Waals surface area contributed by atoms with Crippen molar-refractivity contribution < 1.29 is 13.5 Å². The molecule has 1 saturated heterocycles. The maximum Gasteiger partial charge on any atom is 0.155 e. The van der Waals surface area contributed by atoms with Crippen LogP contribution in [-0.2, 0) is 15.3 Å². The Hall–Kier alpha value is 0.0700. The van der Waals surface area contributed by atoms with E-state index in [9.17, 15) is 4.21 Å². The van der Waals surface area contributed by atoms with Gasteiger partial charge in [-0.2, -0.15) is 0 Å². The Kier molecular flexibility index (Phi) is 1.99. The zero-order valence-corrected chi connectivity index (χ0v) is 5.19. The topological polar surface area (TPSA) is 46.5 Å². The normalized spacial score (nSPS) is 38.1. The van der Waals surface area contributed by atoms with Gasteiger partial charge in [0.1, 0.15) is 0 Å². The maximum atomic E-state index is 10.4. The minimum absolute atomic E-state index is 0.00819. The molecule has 48 valence electrons. The van der Waals surface area contributed by atoms with Crippen LogP contribution in [0.2, 0.25) is 0 Å². The number of aliphatic hydroxyl groups is 1. The van der Waals surface area contributed by atoms with Gasteiger partial charge in [0.25, 0.3) is 0 Å². The van der Waals surface area contributed by atoms with Gasteiger partial charge >= 0.3 is 0 Å². The molecular weight excluding hydrogens is 128 g/mol. The summed E-state index contributed by atoms with van der Waals surface area (Å²) in [4.78, 5) is 0. The Morgan fingerprint density at radius 1 is 1.88 bits per heavy atom. The lowest BCUT2D eigenvalue weighted by atomic mass is 10.3. The summed E-state index contributed by atoms with van der Waals surface area (Å²) >= 11 is -1.11. The highest BCUT2D eigenvalue weighted by Gasteiger charge is 2.20. The van der Waals surface area contributed by atoms with Crippen LogP contribution in [0.3, 0.4) is 0 Å². The zero-order valence-electron chi connectivity index (χ0n) is 4.37. The van der Waals surface area contributed by atoms with E-state index in [0.29, 0.717) is 5.75 Å². The Bertz CT molecular complexity index is 103. The van der Waals surface area contributed by atoms with Gasteiger partial charge in [0.05, 0.1) is 18.5 Å². The van der Waals surface area contributed by atoms with Crippen molar-refractivity contribution in [1.29, 1.82) is 0 Å². The molecule has 1 fully saturated rings. The molecule has 0 saturated carbocycles. The smallest absolute Gasteiger partial charge is 0.155 e. The van der Waals surface area contributed by atoms with E-state index in [1.54, 1.807) is 0 Å². The van der Waals surface area contributed by atoms with E-state index >= 15 is 0 Å². The van der Waals surface area contributed by atoms with Crippen LogP contribution in [0, 0.1) is 0 Å². The monoisotopic (exact) mass is 136 g/mol. The Morgan fingerprint density at radius 2 is 2.62 bits per heavy atom. The second-order valence-corrected chi connectivity index (χ2v) is 2.91. The van der Waals surface area contributed by atoms with Crippen molar-refractivity contribution in [3.05, 3.63) is 0 Å². The summed E-state index contributed by atoms with van der Waals surface area (Å²) in [5.74, 6) is 0.575. The second kappa shape index (κ2) is 2.57. The largest absolute Gasteiger partial charge is 0.394 e. The lowest BCUT2D eigenvalue weighted by molar-refractivity contribution is 0.142. The van der Waals surface area contributed by atoms with Gasteiger partial charge in [-0.1, -0.05) is 0 Å². The molecule has 1 rings (SSSR count). The molecule has 0 amide bonds. The fourth-order valence-electron chi connectivity index (χ4n) is 0.597. The number of hydrogen-bond acceptors (Lipinski definition) is 3. The lowest BCUT2D eigenvalue weighted by Gasteiger charge is -1.98. The molecule has 0 aromatic rings. The van der Waals surface area contributed by atoms with Gasteiger partial charge in [-0.15, -0.1) is 0 Å². The SMILES string of the molecule is O=S1CCC(CO)O1. The van der Waals surface area contributed by atoms with Crippen LogP contribution in [0.1, 0.15) is 6.42 Å². The van der Waals surface area contributed by atoms with E-state index in [1.807, 2.05) is 0 Å². The first kappa shape index (κ1) is 6.19. The molecule has 0 radical (unpaired) electrons. The standard InChI is InChI=1S/C4H8O3S/c5-3-4-1-2-8(6)7-4/h4-5H,1-3H2. The highest BCUT2D eigenvalue weighted by molar-refractivity contribution is 7.80. The highest BCUT2D eigenvalue weighted by atomic mass is 32.2.